The molecule has 4 heterocycles. The first-order valence-corrected chi connectivity index (χ1v) is 23.3. The van der Waals surface area contributed by atoms with Gasteiger partial charge in [-0.3, -0.25) is 9.69 Å². The Bertz CT molecular complexity index is 2330. The third-order valence-corrected chi connectivity index (χ3v) is 13.6. The molecule has 2 aliphatic rings. The molecular formula is C42H49ClN9O5PS. The molecule has 1 atom stereocenters. The predicted octanol–water partition coefficient (Wildman–Crippen LogP) is 7.65. The zero-order chi connectivity index (χ0) is 41.7. The highest BCUT2D eigenvalue weighted by Crippen LogP contribution is 2.39. The number of thiazole rings is 1. The lowest BCUT2D eigenvalue weighted by Crippen LogP contribution is -2.54. The van der Waals surface area contributed by atoms with Gasteiger partial charge in [-0.05, 0) is 68.5 Å². The van der Waals surface area contributed by atoms with E-state index in [2.05, 4.69) is 41.5 Å². The van der Waals surface area contributed by atoms with E-state index >= 15 is 0 Å². The summed E-state index contributed by atoms with van der Waals surface area (Å²) in [5.41, 5.74) is 12.4. The number of carbonyl (C=O) groups is 2. The molecule has 3 aromatic carbocycles. The van der Waals surface area contributed by atoms with Crippen molar-refractivity contribution in [1.82, 2.24) is 24.8 Å². The van der Waals surface area contributed by atoms with Crippen LogP contribution in [0.4, 0.5) is 33.6 Å². The summed E-state index contributed by atoms with van der Waals surface area (Å²) < 4.78 is 24.1. The normalized spacial score (nSPS) is 15.7. The topological polar surface area (TPSA) is 168 Å². The summed E-state index contributed by atoms with van der Waals surface area (Å²) in [4.78, 5) is 46.4. The van der Waals surface area contributed by atoms with Crippen molar-refractivity contribution >= 4 is 76.2 Å². The van der Waals surface area contributed by atoms with E-state index in [1.165, 1.54) is 6.20 Å². The average Bonchev–Trinajstić information content (AvgIpc) is 3.67. The van der Waals surface area contributed by atoms with Gasteiger partial charge in [0.15, 0.2) is 5.82 Å². The molecule has 2 fully saturated rings. The fourth-order valence-corrected chi connectivity index (χ4v) is 9.81. The van der Waals surface area contributed by atoms with Crippen molar-refractivity contribution in [2.24, 2.45) is 5.73 Å². The van der Waals surface area contributed by atoms with Crippen molar-refractivity contribution in [3.8, 4) is 16.2 Å². The Morgan fingerprint density at radius 3 is 2.36 bits per heavy atom. The highest BCUT2D eigenvalue weighted by atomic mass is 35.5. The molecule has 4 N–H and O–H groups in total. The number of methoxy groups -OCH3 is 1. The number of ether oxygens (including phenoxy) is 2. The number of para-hydroxylation sites is 1. The maximum atomic E-state index is 13.5. The third-order valence-electron chi connectivity index (χ3n) is 10.8. The fourth-order valence-electron chi connectivity index (χ4n) is 7.70. The van der Waals surface area contributed by atoms with Crippen LogP contribution in [0.5, 0.6) is 5.75 Å². The minimum absolute atomic E-state index is 0.0289. The predicted molar refractivity (Wildman–Crippen MR) is 236 cm³/mol. The molecule has 17 heteroatoms. The molecule has 0 radical (unpaired) electrons. The summed E-state index contributed by atoms with van der Waals surface area (Å²) in [5, 5.41) is 7.54. The first kappa shape index (κ1) is 41.9. The number of hydrogen-bond donors (Lipinski definition) is 3. The van der Waals surface area contributed by atoms with Gasteiger partial charge in [0, 0.05) is 62.4 Å². The number of nitrogens with one attached hydrogen (secondary N) is 2. The van der Waals surface area contributed by atoms with Gasteiger partial charge in [-0.15, -0.1) is 11.3 Å². The van der Waals surface area contributed by atoms with Crippen LogP contribution in [0.2, 0.25) is 5.02 Å². The van der Waals surface area contributed by atoms with Crippen LogP contribution in [0.1, 0.15) is 36.6 Å². The molecule has 2 amide bonds. The first-order valence-electron chi connectivity index (χ1n) is 19.5. The van der Waals surface area contributed by atoms with Gasteiger partial charge in [0.25, 0.3) is 0 Å². The highest BCUT2D eigenvalue weighted by molar-refractivity contribution is 7.70. The molecule has 59 heavy (non-hydrogen) atoms. The lowest BCUT2D eigenvalue weighted by Gasteiger charge is -2.43. The van der Waals surface area contributed by atoms with E-state index in [-0.39, 0.29) is 12.3 Å². The summed E-state index contributed by atoms with van der Waals surface area (Å²) in [6.45, 7) is 9.97. The van der Waals surface area contributed by atoms with Gasteiger partial charge in [0.05, 0.1) is 47.2 Å². The van der Waals surface area contributed by atoms with Crippen molar-refractivity contribution in [1.29, 1.82) is 0 Å². The second kappa shape index (κ2) is 18.4. The van der Waals surface area contributed by atoms with E-state index in [0.29, 0.717) is 58.3 Å². The number of rotatable bonds is 13. The lowest BCUT2D eigenvalue weighted by atomic mass is 10.0. The molecule has 0 spiro atoms. The van der Waals surface area contributed by atoms with E-state index in [1.54, 1.807) is 31.8 Å². The van der Waals surface area contributed by atoms with Gasteiger partial charge in [-0.25, -0.2) is 14.8 Å². The van der Waals surface area contributed by atoms with Crippen LogP contribution in [0.3, 0.4) is 0 Å². The highest BCUT2D eigenvalue weighted by Gasteiger charge is 2.31. The van der Waals surface area contributed by atoms with Gasteiger partial charge in [-0.1, -0.05) is 48.0 Å². The van der Waals surface area contributed by atoms with Crippen LogP contribution in [0.15, 0.2) is 78.4 Å². The molecule has 310 valence electrons. The number of halogens is 1. The number of piperidine rings is 1. The Hall–Kier alpha value is -5.21. The number of benzene rings is 3. The zero-order valence-corrected chi connectivity index (χ0v) is 36.0. The van der Waals surface area contributed by atoms with E-state index < -0.39 is 19.3 Å². The molecule has 2 saturated heterocycles. The molecule has 7 rings (SSSR count). The molecule has 2 aliphatic heterocycles. The molecule has 0 bridgehead atoms. The summed E-state index contributed by atoms with van der Waals surface area (Å²) in [6, 6.07) is 21.5. The lowest BCUT2D eigenvalue weighted by molar-refractivity contribution is -0.135. The number of piperazine rings is 1. The Labute approximate surface area is 353 Å². The van der Waals surface area contributed by atoms with Gasteiger partial charge < -0.3 is 40.2 Å². The first-order chi connectivity index (χ1) is 28.4. The molecule has 0 saturated carbocycles. The molecular weight excluding hydrogens is 809 g/mol. The number of aromatic nitrogens is 3. The minimum atomic E-state index is -2.56. The number of aryl methyl sites for hydroxylation is 1. The van der Waals surface area contributed by atoms with Crippen molar-refractivity contribution < 1.29 is 23.6 Å². The maximum Gasteiger partial charge on any atom is 0.405 e. The van der Waals surface area contributed by atoms with E-state index in [9.17, 15) is 14.2 Å². The maximum absolute atomic E-state index is 13.5. The Kier molecular flexibility index (Phi) is 13.1. The standard InChI is InChI=1S/C42H49ClN9O5PS/c1-27-39(59-26-46-27)29-11-9-28(10-12-29)35(57-41(44)54)24-38(53)52-21-19-51(20-22-52)30-15-17-50(18-16-30)31-13-14-33(36(23-31)56-2)48-42-45-25-32(43)40(49-42)47-34-7-5-6-8-37(34)58(3,4)55/h5-14,23,25-26,30,35H,15-22,24H2,1-4H3,(H2,44,54)(H2,45,47,48,49)/t35-/m0/s1. The number of carbonyl (C=O) groups excluding carboxylic acids is 2. The van der Waals surface area contributed by atoms with Crippen molar-refractivity contribution in [3.63, 3.8) is 0 Å². The van der Waals surface area contributed by atoms with Gasteiger partial charge >= 0.3 is 6.09 Å². The summed E-state index contributed by atoms with van der Waals surface area (Å²) in [7, 11) is -0.924. The minimum Gasteiger partial charge on any atom is -0.494 e. The largest absolute Gasteiger partial charge is 0.494 e. The van der Waals surface area contributed by atoms with Crippen LogP contribution in [0, 0.1) is 6.92 Å². The van der Waals surface area contributed by atoms with Crippen LogP contribution in [-0.4, -0.2) is 103 Å². The smallest absolute Gasteiger partial charge is 0.405 e. The van der Waals surface area contributed by atoms with E-state index in [4.69, 9.17) is 26.8 Å². The number of hydrogen-bond acceptors (Lipinski definition) is 13. The van der Waals surface area contributed by atoms with Crippen molar-refractivity contribution in [3.05, 3.63) is 94.7 Å². The molecule has 0 aliphatic carbocycles. The summed E-state index contributed by atoms with van der Waals surface area (Å²) >= 11 is 8.04. The number of nitrogens with two attached hydrogens (primary N) is 1. The fraction of sp³-hybridized carbons (Fsp3) is 0.357. The number of primary amides is 1. The molecule has 14 nitrogen and oxygen atoms in total. The van der Waals surface area contributed by atoms with Crippen molar-refractivity contribution in [2.75, 3.05) is 75.2 Å². The van der Waals surface area contributed by atoms with E-state index in [0.717, 1.165) is 66.4 Å². The van der Waals surface area contributed by atoms with Crippen LogP contribution >= 0.6 is 30.1 Å². The van der Waals surface area contributed by atoms with Crippen molar-refractivity contribution in [2.45, 2.75) is 38.3 Å². The zero-order valence-electron chi connectivity index (χ0n) is 33.6. The van der Waals surface area contributed by atoms with Gasteiger partial charge in [0.1, 0.15) is 24.0 Å². The quantitative estimate of drug-likeness (QED) is 0.0992. The summed E-state index contributed by atoms with van der Waals surface area (Å²) in [6.07, 6.45) is 1.85. The number of amides is 2. The second-order valence-electron chi connectivity index (χ2n) is 15.0. The monoisotopic (exact) mass is 857 g/mol. The molecule has 2 aromatic heterocycles. The molecule has 0 unspecified atom stereocenters. The average molecular weight is 858 g/mol. The Morgan fingerprint density at radius 2 is 1.69 bits per heavy atom. The Balaban J connectivity index is 0.913. The van der Waals surface area contributed by atoms with Crippen LogP contribution in [0.25, 0.3) is 10.4 Å². The summed E-state index contributed by atoms with van der Waals surface area (Å²) in [5.74, 6) is 1.30. The second-order valence-corrected chi connectivity index (χ2v) is 19.5. The number of nitrogens with zero attached hydrogens (tertiary/aromatic N) is 6. The Morgan fingerprint density at radius 1 is 0.966 bits per heavy atom. The molecule has 5 aromatic rings. The van der Waals surface area contributed by atoms with Crippen LogP contribution in [-0.2, 0) is 14.1 Å². The van der Waals surface area contributed by atoms with E-state index in [1.807, 2.05) is 78.0 Å². The third kappa shape index (κ3) is 10.2. The SMILES string of the molecule is COc1cc(N2CCC(N3CCN(C(=O)C[C@H](OC(N)=O)c4ccc(-c5scnc5C)cc4)CC3)CC2)ccc1Nc1ncc(Cl)c(Nc2ccccc2P(C)(C)=O)n1. The van der Waals surface area contributed by atoms with Gasteiger partial charge in [0.2, 0.25) is 11.9 Å². The number of anilines is 5. The van der Waals surface area contributed by atoms with Gasteiger partial charge in [-0.2, -0.15) is 4.98 Å². The van der Waals surface area contributed by atoms with Crippen LogP contribution < -0.4 is 31.3 Å².